The van der Waals surface area contributed by atoms with Crippen LogP contribution in [0, 0.1) is 6.92 Å². The highest BCUT2D eigenvalue weighted by Gasteiger charge is 2.22. The van der Waals surface area contributed by atoms with Crippen LogP contribution in [-0.2, 0) is 14.8 Å². The summed E-state index contributed by atoms with van der Waals surface area (Å²) in [5, 5.41) is 0.753. The number of carbonyl (C=O) groups excluding carboxylic acids is 1. The van der Waals surface area contributed by atoms with Gasteiger partial charge in [-0.1, -0.05) is 17.7 Å². The summed E-state index contributed by atoms with van der Waals surface area (Å²) in [6.07, 6.45) is 7.86. The summed E-state index contributed by atoms with van der Waals surface area (Å²) >= 11 is 0. The minimum absolute atomic E-state index is 0.181. The van der Waals surface area contributed by atoms with Crippen molar-refractivity contribution >= 4 is 38.5 Å². The average molecular weight is 488 g/mol. The highest BCUT2D eigenvalue weighted by atomic mass is 32.2. The summed E-state index contributed by atoms with van der Waals surface area (Å²) in [5.41, 5.74) is 3.68. The standard InChI is InChI=1S/C27H25N3O4S/c1-20-2-6-24(7-3-20)35(32,33)30-19-22(4-9-27(31)21-10-12-28-13-11-21)25-18-23(5-8-26(25)30)29-14-16-34-17-15-29/h2-13,18-19H,14-17H2,1H3/b9-4+. The first kappa shape index (κ1) is 23.0. The van der Waals surface area contributed by atoms with E-state index in [4.69, 9.17) is 4.74 Å². The second-order valence-corrected chi connectivity index (χ2v) is 10.2. The number of ether oxygens (including phenoxy) is 1. The predicted molar refractivity (Wildman–Crippen MR) is 136 cm³/mol. The molecule has 1 aliphatic rings. The van der Waals surface area contributed by atoms with Crippen LogP contribution in [0.4, 0.5) is 5.69 Å². The lowest BCUT2D eigenvalue weighted by Gasteiger charge is -2.29. The van der Waals surface area contributed by atoms with E-state index in [-0.39, 0.29) is 10.7 Å². The second kappa shape index (κ2) is 9.48. The molecule has 2 aromatic carbocycles. The number of aryl methyl sites for hydroxylation is 1. The molecular formula is C27H25N3O4S. The van der Waals surface area contributed by atoms with E-state index in [1.165, 1.54) is 10.0 Å². The molecule has 0 amide bonds. The van der Waals surface area contributed by atoms with Gasteiger partial charge in [0.25, 0.3) is 10.0 Å². The zero-order valence-electron chi connectivity index (χ0n) is 19.3. The first-order chi connectivity index (χ1) is 16.9. The smallest absolute Gasteiger partial charge is 0.268 e. The maximum Gasteiger partial charge on any atom is 0.268 e. The van der Waals surface area contributed by atoms with Crippen molar-refractivity contribution < 1.29 is 17.9 Å². The highest BCUT2D eigenvalue weighted by Crippen LogP contribution is 2.31. The molecule has 0 radical (unpaired) electrons. The molecule has 5 rings (SSSR count). The zero-order chi connectivity index (χ0) is 24.4. The van der Waals surface area contributed by atoms with E-state index in [2.05, 4.69) is 9.88 Å². The third kappa shape index (κ3) is 4.62. The number of allylic oxidation sites excluding steroid dienone is 1. The van der Waals surface area contributed by atoms with Crippen molar-refractivity contribution in [2.75, 3.05) is 31.2 Å². The molecule has 178 valence electrons. The lowest BCUT2D eigenvalue weighted by molar-refractivity contribution is 0.104. The number of rotatable bonds is 6. The summed E-state index contributed by atoms with van der Waals surface area (Å²) in [6, 6.07) is 15.8. The van der Waals surface area contributed by atoms with Gasteiger partial charge in [0.2, 0.25) is 0 Å². The van der Waals surface area contributed by atoms with Crippen LogP contribution in [0.2, 0.25) is 0 Å². The molecule has 1 saturated heterocycles. The van der Waals surface area contributed by atoms with E-state index in [0.717, 1.165) is 29.7 Å². The Kier molecular flexibility index (Phi) is 6.23. The van der Waals surface area contributed by atoms with E-state index in [0.29, 0.717) is 29.9 Å². The summed E-state index contributed by atoms with van der Waals surface area (Å²) in [6.45, 7) is 4.73. The summed E-state index contributed by atoms with van der Waals surface area (Å²) in [5.74, 6) is -0.181. The van der Waals surface area contributed by atoms with E-state index in [9.17, 15) is 13.2 Å². The van der Waals surface area contributed by atoms with Gasteiger partial charge in [0.1, 0.15) is 0 Å². The van der Waals surface area contributed by atoms with Crippen LogP contribution in [0.15, 0.2) is 84.2 Å². The van der Waals surface area contributed by atoms with Gasteiger partial charge in [0.05, 0.1) is 23.6 Å². The normalized spacial score (nSPS) is 14.6. The number of morpholine rings is 1. The molecule has 1 fully saturated rings. The van der Waals surface area contributed by atoms with Gasteiger partial charge in [-0.15, -0.1) is 0 Å². The van der Waals surface area contributed by atoms with E-state index in [1.807, 2.05) is 25.1 Å². The molecule has 1 aliphatic heterocycles. The van der Waals surface area contributed by atoms with E-state index < -0.39 is 10.0 Å². The van der Waals surface area contributed by atoms with Gasteiger partial charge >= 0.3 is 0 Å². The largest absolute Gasteiger partial charge is 0.378 e. The summed E-state index contributed by atoms with van der Waals surface area (Å²) in [7, 11) is -3.83. The number of benzene rings is 2. The minimum Gasteiger partial charge on any atom is -0.378 e. The maximum absolute atomic E-state index is 13.6. The highest BCUT2D eigenvalue weighted by molar-refractivity contribution is 7.90. The average Bonchev–Trinajstić information content (AvgIpc) is 3.27. The Labute approximate surface area is 204 Å². The third-order valence-electron chi connectivity index (χ3n) is 6.12. The maximum atomic E-state index is 13.6. The SMILES string of the molecule is Cc1ccc(S(=O)(=O)n2cc(/C=C/C(=O)c3ccncc3)c3cc(N4CCOCC4)ccc32)cc1. The van der Waals surface area contributed by atoms with Gasteiger partial charge < -0.3 is 9.64 Å². The van der Waals surface area contributed by atoms with Crippen LogP contribution in [-0.4, -0.2) is 49.5 Å². The molecule has 2 aromatic heterocycles. The lowest BCUT2D eigenvalue weighted by atomic mass is 10.1. The van der Waals surface area contributed by atoms with Crippen LogP contribution in [0.25, 0.3) is 17.0 Å². The molecule has 0 bridgehead atoms. The van der Waals surface area contributed by atoms with Crippen LogP contribution in [0.5, 0.6) is 0 Å². The lowest BCUT2D eigenvalue weighted by Crippen LogP contribution is -2.36. The first-order valence-electron chi connectivity index (χ1n) is 11.4. The first-order valence-corrected chi connectivity index (χ1v) is 12.8. The predicted octanol–water partition coefficient (Wildman–Crippen LogP) is 4.31. The Morgan fingerprint density at radius 3 is 2.43 bits per heavy atom. The minimum atomic E-state index is -3.83. The van der Waals surface area contributed by atoms with Gasteiger partial charge in [0.15, 0.2) is 5.78 Å². The van der Waals surface area contributed by atoms with Crippen molar-refractivity contribution in [3.63, 3.8) is 0 Å². The number of carbonyl (C=O) groups is 1. The molecule has 0 spiro atoms. The molecule has 0 saturated carbocycles. The number of fused-ring (bicyclic) bond motifs is 1. The Bertz CT molecular complexity index is 1500. The fourth-order valence-corrected chi connectivity index (χ4v) is 5.54. The number of hydrogen-bond donors (Lipinski definition) is 0. The van der Waals surface area contributed by atoms with Crippen LogP contribution < -0.4 is 4.90 Å². The fraction of sp³-hybridized carbons (Fsp3) is 0.185. The van der Waals surface area contributed by atoms with Crippen LogP contribution in [0.1, 0.15) is 21.5 Å². The van der Waals surface area contributed by atoms with Crippen molar-refractivity contribution in [3.8, 4) is 0 Å². The molecule has 7 nitrogen and oxygen atoms in total. The topological polar surface area (TPSA) is 81.5 Å². The molecule has 3 heterocycles. The Balaban J connectivity index is 1.61. The zero-order valence-corrected chi connectivity index (χ0v) is 20.1. The van der Waals surface area contributed by atoms with Gasteiger partial charge in [0, 0.05) is 53.9 Å². The summed E-state index contributed by atoms with van der Waals surface area (Å²) < 4.78 is 33.9. The van der Waals surface area contributed by atoms with Crippen LogP contribution in [0.3, 0.4) is 0 Å². The van der Waals surface area contributed by atoms with Crippen molar-refractivity contribution in [2.45, 2.75) is 11.8 Å². The Morgan fingerprint density at radius 2 is 1.71 bits per heavy atom. The monoisotopic (exact) mass is 487 g/mol. The van der Waals surface area contributed by atoms with Gasteiger partial charge in [-0.2, -0.15) is 0 Å². The molecule has 0 atom stereocenters. The molecule has 0 N–H and O–H groups in total. The summed E-state index contributed by atoms with van der Waals surface area (Å²) in [4.78, 5) is 19.0. The molecule has 0 aliphatic carbocycles. The molecular weight excluding hydrogens is 462 g/mol. The van der Waals surface area contributed by atoms with Crippen molar-refractivity contribution in [3.05, 3.63) is 96.0 Å². The fourth-order valence-electron chi connectivity index (χ4n) is 4.16. The third-order valence-corrected chi connectivity index (χ3v) is 7.81. The number of hydrogen-bond acceptors (Lipinski definition) is 6. The second-order valence-electron chi connectivity index (χ2n) is 8.43. The van der Waals surface area contributed by atoms with Gasteiger partial charge in [-0.3, -0.25) is 9.78 Å². The van der Waals surface area contributed by atoms with Crippen molar-refractivity contribution in [1.82, 2.24) is 8.96 Å². The number of pyridine rings is 1. The Hall–Kier alpha value is -3.75. The van der Waals surface area contributed by atoms with Crippen molar-refractivity contribution in [2.24, 2.45) is 0 Å². The number of nitrogens with zero attached hydrogens (tertiary/aromatic N) is 3. The van der Waals surface area contributed by atoms with E-state index >= 15 is 0 Å². The number of ketones is 1. The van der Waals surface area contributed by atoms with Crippen LogP contribution >= 0.6 is 0 Å². The number of anilines is 1. The molecule has 35 heavy (non-hydrogen) atoms. The van der Waals surface area contributed by atoms with Gasteiger partial charge in [-0.25, -0.2) is 12.4 Å². The number of aromatic nitrogens is 2. The van der Waals surface area contributed by atoms with Crippen molar-refractivity contribution in [1.29, 1.82) is 0 Å². The van der Waals surface area contributed by atoms with Gasteiger partial charge in [-0.05, 0) is 61.5 Å². The molecule has 0 unspecified atom stereocenters. The quantitative estimate of drug-likeness (QED) is 0.298. The Morgan fingerprint density at radius 1 is 1.00 bits per heavy atom. The van der Waals surface area contributed by atoms with E-state index in [1.54, 1.807) is 61.1 Å². The molecule has 4 aromatic rings. The molecule has 8 heteroatoms.